The summed E-state index contributed by atoms with van der Waals surface area (Å²) < 4.78 is 13.5. The van der Waals surface area contributed by atoms with E-state index in [2.05, 4.69) is 47.1 Å². The molecule has 0 aliphatic carbocycles. The first-order valence-corrected chi connectivity index (χ1v) is 7.59. The molecule has 0 spiro atoms. The van der Waals surface area contributed by atoms with Crippen molar-refractivity contribution in [2.45, 2.75) is 19.9 Å². The molecule has 110 valence electrons. The third-order valence-electron chi connectivity index (χ3n) is 4.42. The van der Waals surface area contributed by atoms with Gasteiger partial charge >= 0.3 is 0 Å². The molecule has 0 amide bonds. The van der Waals surface area contributed by atoms with E-state index in [1.54, 1.807) is 0 Å². The number of aromatic nitrogens is 1. The van der Waals surface area contributed by atoms with Crippen molar-refractivity contribution in [2.24, 2.45) is 0 Å². The van der Waals surface area contributed by atoms with Crippen molar-refractivity contribution in [2.75, 3.05) is 11.4 Å². The Bertz CT molecular complexity index is 857. The maximum atomic E-state index is 13.5. The second-order valence-electron chi connectivity index (χ2n) is 5.90. The summed E-state index contributed by atoms with van der Waals surface area (Å²) in [5, 5.41) is 1.02. The number of fused-ring (bicyclic) bond motifs is 2. The Hall–Kier alpha value is -2.42. The summed E-state index contributed by atoms with van der Waals surface area (Å²) in [7, 11) is 0. The van der Waals surface area contributed by atoms with Crippen LogP contribution in [0.2, 0.25) is 0 Å². The Morgan fingerprint density at radius 1 is 1.05 bits per heavy atom. The summed E-state index contributed by atoms with van der Waals surface area (Å²) in [6, 6.07) is 15.5. The number of halogens is 1. The fraction of sp³-hybridized carbons (Fsp3) is 0.211. The number of hydrogen-bond donors (Lipinski definition) is 0. The molecule has 1 aromatic heterocycles. The Labute approximate surface area is 129 Å². The lowest BCUT2D eigenvalue weighted by atomic mass is 10.00. The van der Waals surface area contributed by atoms with E-state index in [4.69, 9.17) is 0 Å². The summed E-state index contributed by atoms with van der Waals surface area (Å²) >= 11 is 0. The van der Waals surface area contributed by atoms with Crippen molar-refractivity contribution in [3.63, 3.8) is 0 Å². The highest BCUT2D eigenvalue weighted by molar-refractivity contribution is 5.84. The van der Waals surface area contributed by atoms with Gasteiger partial charge in [-0.1, -0.05) is 24.3 Å². The molecule has 2 nitrogen and oxygen atoms in total. The molecule has 0 radical (unpaired) electrons. The van der Waals surface area contributed by atoms with Gasteiger partial charge in [-0.25, -0.2) is 9.37 Å². The molecule has 22 heavy (non-hydrogen) atoms. The molecule has 0 fully saturated rings. The summed E-state index contributed by atoms with van der Waals surface area (Å²) in [5.41, 5.74) is 4.64. The van der Waals surface area contributed by atoms with Crippen LogP contribution >= 0.6 is 0 Å². The fourth-order valence-electron chi connectivity index (χ4n) is 3.21. The number of benzene rings is 2. The van der Waals surface area contributed by atoms with Gasteiger partial charge < -0.3 is 4.90 Å². The quantitative estimate of drug-likeness (QED) is 0.666. The number of anilines is 1. The van der Waals surface area contributed by atoms with Gasteiger partial charge in [-0.2, -0.15) is 0 Å². The minimum absolute atomic E-state index is 0.236. The van der Waals surface area contributed by atoms with Gasteiger partial charge in [-0.05, 0) is 48.2 Å². The van der Waals surface area contributed by atoms with Crippen LogP contribution in [0, 0.1) is 12.7 Å². The molecular formula is C19H17FN2. The molecular weight excluding hydrogens is 275 g/mol. The molecule has 0 saturated carbocycles. The normalized spacial score (nSPS) is 14.2. The first kappa shape index (κ1) is 13.3. The van der Waals surface area contributed by atoms with Crippen LogP contribution in [-0.2, 0) is 13.0 Å². The highest BCUT2D eigenvalue weighted by Gasteiger charge is 2.18. The highest BCUT2D eigenvalue weighted by atomic mass is 19.1. The van der Waals surface area contributed by atoms with Crippen molar-refractivity contribution in [3.05, 3.63) is 71.0 Å². The fourth-order valence-corrected chi connectivity index (χ4v) is 3.21. The molecule has 0 unspecified atom stereocenters. The maximum absolute atomic E-state index is 13.5. The molecule has 0 atom stereocenters. The van der Waals surface area contributed by atoms with Crippen LogP contribution in [0.5, 0.6) is 0 Å². The third kappa shape index (κ3) is 2.23. The SMILES string of the molecule is Cc1cc(N2CCc3ccccc3C2)nc2cc(F)ccc12. The van der Waals surface area contributed by atoms with Gasteiger partial charge in [0.25, 0.3) is 0 Å². The topological polar surface area (TPSA) is 16.1 Å². The Kier molecular flexibility index (Phi) is 3.07. The van der Waals surface area contributed by atoms with Gasteiger partial charge in [0.1, 0.15) is 11.6 Å². The van der Waals surface area contributed by atoms with Gasteiger partial charge in [-0.15, -0.1) is 0 Å². The van der Waals surface area contributed by atoms with Gasteiger partial charge in [0.15, 0.2) is 0 Å². The van der Waals surface area contributed by atoms with Crippen molar-refractivity contribution < 1.29 is 4.39 Å². The molecule has 3 aromatic rings. The summed E-state index contributed by atoms with van der Waals surface area (Å²) in [5.74, 6) is 0.700. The van der Waals surface area contributed by atoms with Crippen LogP contribution in [0.1, 0.15) is 16.7 Å². The monoisotopic (exact) mass is 292 g/mol. The number of pyridine rings is 1. The Morgan fingerprint density at radius 2 is 1.86 bits per heavy atom. The van der Waals surface area contributed by atoms with Gasteiger partial charge in [0.05, 0.1) is 5.52 Å². The van der Waals surface area contributed by atoms with Crippen molar-refractivity contribution in [3.8, 4) is 0 Å². The second-order valence-corrected chi connectivity index (χ2v) is 5.90. The first-order valence-electron chi connectivity index (χ1n) is 7.59. The van der Waals surface area contributed by atoms with Crippen LogP contribution < -0.4 is 4.90 Å². The van der Waals surface area contributed by atoms with E-state index in [-0.39, 0.29) is 5.82 Å². The van der Waals surface area contributed by atoms with Crippen LogP contribution in [-0.4, -0.2) is 11.5 Å². The summed E-state index contributed by atoms with van der Waals surface area (Å²) in [6.45, 7) is 3.87. The standard InChI is InChI=1S/C19H17FN2/c1-13-10-19(21-18-11-16(20)6-7-17(13)18)22-9-8-14-4-2-3-5-15(14)12-22/h2-7,10-11H,8-9,12H2,1H3. The second kappa shape index (κ2) is 5.09. The lowest BCUT2D eigenvalue weighted by Crippen LogP contribution is -2.31. The number of aryl methyl sites for hydroxylation is 1. The zero-order valence-corrected chi connectivity index (χ0v) is 12.5. The minimum atomic E-state index is -0.236. The molecule has 4 rings (SSSR count). The molecule has 0 saturated heterocycles. The zero-order chi connectivity index (χ0) is 15.1. The molecule has 0 N–H and O–H groups in total. The average Bonchev–Trinajstić information content (AvgIpc) is 2.54. The van der Waals surface area contributed by atoms with E-state index >= 15 is 0 Å². The van der Waals surface area contributed by atoms with E-state index in [9.17, 15) is 4.39 Å². The lowest BCUT2D eigenvalue weighted by Gasteiger charge is -2.30. The van der Waals surface area contributed by atoms with Crippen molar-refractivity contribution in [1.29, 1.82) is 0 Å². The smallest absolute Gasteiger partial charge is 0.129 e. The van der Waals surface area contributed by atoms with Crippen molar-refractivity contribution in [1.82, 2.24) is 4.98 Å². The largest absolute Gasteiger partial charge is 0.352 e. The van der Waals surface area contributed by atoms with E-state index < -0.39 is 0 Å². The lowest BCUT2D eigenvalue weighted by molar-refractivity contribution is 0.629. The number of nitrogens with zero attached hydrogens (tertiary/aromatic N) is 2. The first-order chi connectivity index (χ1) is 10.7. The van der Waals surface area contributed by atoms with E-state index in [0.717, 1.165) is 41.8 Å². The molecule has 3 heteroatoms. The molecule has 1 aliphatic heterocycles. The minimum Gasteiger partial charge on any atom is -0.352 e. The predicted octanol–water partition coefficient (Wildman–Crippen LogP) is 4.25. The van der Waals surface area contributed by atoms with Gasteiger partial charge in [0.2, 0.25) is 0 Å². The maximum Gasteiger partial charge on any atom is 0.129 e. The highest BCUT2D eigenvalue weighted by Crippen LogP contribution is 2.27. The van der Waals surface area contributed by atoms with Gasteiger partial charge in [-0.3, -0.25) is 0 Å². The van der Waals surface area contributed by atoms with E-state index in [1.807, 2.05) is 6.07 Å². The number of hydrogen-bond acceptors (Lipinski definition) is 2. The van der Waals surface area contributed by atoms with Crippen molar-refractivity contribution >= 4 is 16.7 Å². The molecule has 1 aliphatic rings. The molecule has 2 aromatic carbocycles. The van der Waals surface area contributed by atoms with E-state index in [1.165, 1.54) is 23.3 Å². The predicted molar refractivity (Wildman–Crippen MR) is 87.6 cm³/mol. The van der Waals surface area contributed by atoms with E-state index in [0.29, 0.717) is 0 Å². The van der Waals surface area contributed by atoms with Crippen LogP contribution in [0.4, 0.5) is 10.2 Å². The number of rotatable bonds is 1. The molecule has 2 heterocycles. The summed E-state index contributed by atoms with van der Waals surface area (Å²) in [4.78, 5) is 6.96. The Morgan fingerprint density at radius 3 is 2.73 bits per heavy atom. The average molecular weight is 292 g/mol. The summed E-state index contributed by atoms with van der Waals surface area (Å²) in [6.07, 6.45) is 1.03. The van der Waals surface area contributed by atoms with Crippen LogP contribution in [0.25, 0.3) is 10.9 Å². The molecule has 0 bridgehead atoms. The third-order valence-corrected chi connectivity index (χ3v) is 4.42. The van der Waals surface area contributed by atoms with Crippen LogP contribution in [0.3, 0.4) is 0 Å². The Balaban J connectivity index is 1.76. The van der Waals surface area contributed by atoms with Crippen LogP contribution in [0.15, 0.2) is 48.5 Å². The zero-order valence-electron chi connectivity index (χ0n) is 12.5. The van der Waals surface area contributed by atoms with Gasteiger partial charge in [0, 0.05) is 24.5 Å².